The molecule has 0 radical (unpaired) electrons. The van der Waals surface area contributed by atoms with E-state index in [4.69, 9.17) is 16.3 Å². The minimum Gasteiger partial charge on any atom is -0.492 e. The molecular weight excluding hydrogens is 238 g/mol. The van der Waals surface area contributed by atoms with Crippen molar-refractivity contribution in [2.45, 2.75) is 25.6 Å². The van der Waals surface area contributed by atoms with Gasteiger partial charge in [-0.2, -0.15) is 0 Å². The molecular formula is C13H18ClNO2. The average molecular weight is 256 g/mol. The lowest BCUT2D eigenvalue weighted by Crippen LogP contribution is -2.32. The van der Waals surface area contributed by atoms with Crippen LogP contribution in [-0.4, -0.2) is 24.4 Å². The first-order valence-electron chi connectivity index (χ1n) is 5.77. The van der Waals surface area contributed by atoms with E-state index < -0.39 is 5.38 Å². The maximum atomic E-state index is 11.2. The van der Waals surface area contributed by atoms with Gasteiger partial charge in [-0.3, -0.25) is 4.79 Å². The first kappa shape index (κ1) is 13.8. The Hall–Kier alpha value is -1.22. The van der Waals surface area contributed by atoms with Crippen LogP contribution in [0.1, 0.15) is 19.4 Å². The van der Waals surface area contributed by atoms with Crippen molar-refractivity contribution < 1.29 is 9.53 Å². The fourth-order valence-corrected chi connectivity index (χ4v) is 1.42. The average Bonchev–Trinajstić information content (AvgIpc) is 2.34. The van der Waals surface area contributed by atoms with E-state index in [-0.39, 0.29) is 5.91 Å². The van der Waals surface area contributed by atoms with Crippen molar-refractivity contribution in [2.75, 3.05) is 13.2 Å². The number of ether oxygens (including phenoxy) is 1. The third-order valence-corrected chi connectivity index (χ3v) is 2.54. The topological polar surface area (TPSA) is 38.3 Å². The molecule has 0 spiro atoms. The van der Waals surface area contributed by atoms with Crippen molar-refractivity contribution in [1.29, 1.82) is 0 Å². The van der Waals surface area contributed by atoms with Gasteiger partial charge < -0.3 is 10.1 Å². The van der Waals surface area contributed by atoms with Crippen LogP contribution in [-0.2, 0) is 11.2 Å². The normalized spacial score (nSPS) is 11.9. The Morgan fingerprint density at radius 1 is 1.53 bits per heavy atom. The number of nitrogens with one attached hydrogen (secondary N) is 1. The summed E-state index contributed by atoms with van der Waals surface area (Å²) in [5.41, 5.74) is 1.24. The van der Waals surface area contributed by atoms with E-state index in [1.807, 2.05) is 18.2 Å². The van der Waals surface area contributed by atoms with Crippen molar-refractivity contribution in [3.63, 3.8) is 0 Å². The Balaban J connectivity index is 2.28. The fourth-order valence-electron chi connectivity index (χ4n) is 1.34. The molecule has 0 aromatic heterocycles. The molecule has 0 bridgehead atoms. The van der Waals surface area contributed by atoms with E-state index in [2.05, 4.69) is 18.3 Å². The molecule has 3 nitrogen and oxygen atoms in total. The molecule has 17 heavy (non-hydrogen) atoms. The Morgan fingerprint density at radius 2 is 2.29 bits per heavy atom. The van der Waals surface area contributed by atoms with Gasteiger partial charge in [-0.25, -0.2) is 0 Å². The molecule has 1 unspecified atom stereocenters. The van der Waals surface area contributed by atoms with Gasteiger partial charge in [-0.1, -0.05) is 19.1 Å². The first-order valence-corrected chi connectivity index (χ1v) is 6.20. The third kappa shape index (κ3) is 5.09. The monoisotopic (exact) mass is 255 g/mol. The fraction of sp³-hybridized carbons (Fsp3) is 0.462. The molecule has 4 heteroatoms. The number of aryl methyl sites for hydroxylation is 1. The molecule has 0 saturated carbocycles. The van der Waals surface area contributed by atoms with Crippen molar-refractivity contribution in [1.82, 2.24) is 5.32 Å². The molecule has 0 saturated heterocycles. The van der Waals surface area contributed by atoms with Crippen LogP contribution >= 0.6 is 11.6 Å². The van der Waals surface area contributed by atoms with Crippen LogP contribution in [0, 0.1) is 0 Å². The molecule has 0 aliphatic heterocycles. The van der Waals surface area contributed by atoms with E-state index in [9.17, 15) is 4.79 Å². The summed E-state index contributed by atoms with van der Waals surface area (Å²) >= 11 is 5.61. The van der Waals surface area contributed by atoms with Gasteiger partial charge in [0.2, 0.25) is 5.91 Å². The van der Waals surface area contributed by atoms with Gasteiger partial charge in [-0.15, -0.1) is 11.6 Å². The van der Waals surface area contributed by atoms with E-state index in [0.29, 0.717) is 13.2 Å². The second-order valence-electron chi connectivity index (χ2n) is 3.76. The van der Waals surface area contributed by atoms with Gasteiger partial charge in [0.1, 0.15) is 17.7 Å². The third-order valence-electron chi connectivity index (χ3n) is 2.34. The number of halogens is 1. The maximum absolute atomic E-state index is 11.2. The Kier molecular flexibility index (Phi) is 5.84. The highest BCUT2D eigenvalue weighted by atomic mass is 35.5. The SMILES string of the molecule is CCc1cccc(OCCNC(=O)C(C)Cl)c1. The van der Waals surface area contributed by atoms with Crippen molar-refractivity contribution >= 4 is 17.5 Å². The molecule has 1 atom stereocenters. The van der Waals surface area contributed by atoms with Gasteiger partial charge in [-0.05, 0) is 31.0 Å². The number of hydrogen-bond acceptors (Lipinski definition) is 2. The lowest BCUT2D eigenvalue weighted by atomic mass is 10.2. The molecule has 94 valence electrons. The van der Waals surface area contributed by atoms with Crippen LogP contribution in [0.2, 0.25) is 0 Å². The molecule has 1 aromatic rings. The van der Waals surface area contributed by atoms with E-state index in [0.717, 1.165) is 12.2 Å². The van der Waals surface area contributed by atoms with Gasteiger partial charge in [0.15, 0.2) is 0 Å². The summed E-state index contributed by atoms with van der Waals surface area (Å²) in [5, 5.41) is 2.18. The highest BCUT2D eigenvalue weighted by molar-refractivity contribution is 6.30. The highest BCUT2D eigenvalue weighted by Crippen LogP contribution is 2.13. The molecule has 1 aromatic carbocycles. The zero-order valence-electron chi connectivity index (χ0n) is 10.2. The molecule has 0 heterocycles. The second-order valence-corrected chi connectivity index (χ2v) is 4.41. The van der Waals surface area contributed by atoms with Crippen LogP contribution in [0.5, 0.6) is 5.75 Å². The van der Waals surface area contributed by atoms with Crippen LogP contribution in [0.3, 0.4) is 0 Å². The molecule has 1 N–H and O–H groups in total. The van der Waals surface area contributed by atoms with Crippen molar-refractivity contribution in [2.24, 2.45) is 0 Å². The standard InChI is InChI=1S/C13H18ClNO2/c1-3-11-5-4-6-12(9-11)17-8-7-15-13(16)10(2)14/h4-6,9-10H,3,7-8H2,1-2H3,(H,15,16). The maximum Gasteiger partial charge on any atom is 0.237 e. The highest BCUT2D eigenvalue weighted by Gasteiger charge is 2.07. The zero-order valence-corrected chi connectivity index (χ0v) is 11.0. The predicted octanol–water partition coefficient (Wildman–Crippen LogP) is 2.37. The summed E-state index contributed by atoms with van der Waals surface area (Å²) in [6.07, 6.45) is 0.984. The lowest BCUT2D eigenvalue weighted by Gasteiger charge is -2.09. The number of amides is 1. The number of carbonyl (C=O) groups excluding carboxylic acids is 1. The number of hydrogen-bond donors (Lipinski definition) is 1. The smallest absolute Gasteiger partial charge is 0.237 e. The summed E-state index contributed by atoms with van der Waals surface area (Å²) in [7, 11) is 0. The first-order chi connectivity index (χ1) is 8.13. The summed E-state index contributed by atoms with van der Waals surface area (Å²) < 4.78 is 5.52. The predicted molar refractivity (Wildman–Crippen MR) is 69.6 cm³/mol. The Labute approximate surface area is 107 Å². The van der Waals surface area contributed by atoms with Crippen LogP contribution < -0.4 is 10.1 Å². The van der Waals surface area contributed by atoms with Gasteiger partial charge in [0, 0.05) is 0 Å². The Bertz CT molecular complexity index is 366. The lowest BCUT2D eigenvalue weighted by molar-refractivity contribution is -0.120. The summed E-state index contributed by atoms with van der Waals surface area (Å²) in [5.74, 6) is 0.662. The molecule has 1 rings (SSSR count). The van der Waals surface area contributed by atoms with E-state index >= 15 is 0 Å². The van der Waals surface area contributed by atoms with Crippen molar-refractivity contribution in [3.05, 3.63) is 29.8 Å². The summed E-state index contributed by atoms with van der Waals surface area (Å²) in [6, 6.07) is 7.94. The van der Waals surface area contributed by atoms with Gasteiger partial charge in [0.25, 0.3) is 0 Å². The molecule has 0 aliphatic rings. The molecule has 0 fully saturated rings. The van der Waals surface area contributed by atoms with Crippen molar-refractivity contribution in [3.8, 4) is 5.75 Å². The quantitative estimate of drug-likeness (QED) is 0.626. The minimum atomic E-state index is -0.501. The van der Waals surface area contributed by atoms with E-state index in [1.54, 1.807) is 6.92 Å². The number of rotatable bonds is 6. The van der Waals surface area contributed by atoms with Gasteiger partial charge >= 0.3 is 0 Å². The van der Waals surface area contributed by atoms with Gasteiger partial charge in [0.05, 0.1) is 6.54 Å². The summed E-state index contributed by atoms with van der Waals surface area (Å²) in [6.45, 7) is 4.65. The Morgan fingerprint density at radius 3 is 2.94 bits per heavy atom. The molecule has 1 amide bonds. The number of alkyl halides is 1. The number of benzene rings is 1. The summed E-state index contributed by atoms with van der Waals surface area (Å²) in [4.78, 5) is 11.2. The van der Waals surface area contributed by atoms with Crippen LogP contribution in [0.15, 0.2) is 24.3 Å². The number of carbonyl (C=O) groups is 1. The molecule has 0 aliphatic carbocycles. The second kappa shape index (κ2) is 7.17. The zero-order chi connectivity index (χ0) is 12.7. The minimum absolute atomic E-state index is 0.169. The van der Waals surface area contributed by atoms with E-state index in [1.165, 1.54) is 5.56 Å². The van der Waals surface area contributed by atoms with Crippen LogP contribution in [0.25, 0.3) is 0 Å². The van der Waals surface area contributed by atoms with Crippen LogP contribution in [0.4, 0.5) is 0 Å². The largest absolute Gasteiger partial charge is 0.492 e.